The topological polar surface area (TPSA) is 95.3 Å². The van der Waals surface area contributed by atoms with E-state index in [1.54, 1.807) is 0 Å². The highest BCUT2D eigenvalue weighted by atomic mass is 16.6. The SMILES string of the molecule is O=[N+]([O-])c1[nH]ncc1N(CCO)C1CCCC1. The fourth-order valence-corrected chi connectivity index (χ4v) is 2.44. The summed E-state index contributed by atoms with van der Waals surface area (Å²) < 4.78 is 0. The number of nitro groups is 1. The first-order chi connectivity index (χ1) is 8.24. The van der Waals surface area contributed by atoms with Crippen LogP contribution in [-0.2, 0) is 0 Å². The van der Waals surface area contributed by atoms with Crippen LogP contribution in [0.1, 0.15) is 25.7 Å². The van der Waals surface area contributed by atoms with Crippen LogP contribution in [0.2, 0.25) is 0 Å². The maximum absolute atomic E-state index is 10.9. The minimum atomic E-state index is -0.471. The van der Waals surface area contributed by atoms with Crippen LogP contribution < -0.4 is 4.90 Å². The number of H-pyrrole nitrogens is 1. The summed E-state index contributed by atoms with van der Waals surface area (Å²) in [6.07, 6.45) is 5.77. The lowest BCUT2D eigenvalue weighted by Gasteiger charge is -2.28. The van der Waals surface area contributed by atoms with Crippen molar-refractivity contribution in [1.29, 1.82) is 0 Å². The van der Waals surface area contributed by atoms with Gasteiger partial charge in [-0.2, -0.15) is 0 Å². The molecular formula is C10H16N4O3. The van der Waals surface area contributed by atoms with Crippen LogP contribution >= 0.6 is 0 Å². The Morgan fingerprint density at radius 3 is 2.88 bits per heavy atom. The Hall–Kier alpha value is -1.63. The molecule has 0 aromatic carbocycles. The Morgan fingerprint density at radius 2 is 2.29 bits per heavy atom. The first-order valence-corrected chi connectivity index (χ1v) is 5.79. The van der Waals surface area contributed by atoms with Crippen LogP contribution in [-0.4, -0.2) is 39.4 Å². The second kappa shape index (κ2) is 5.13. The van der Waals surface area contributed by atoms with Gasteiger partial charge in [0.25, 0.3) is 0 Å². The molecule has 0 spiro atoms. The van der Waals surface area contributed by atoms with Gasteiger partial charge in [-0.1, -0.05) is 17.9 Å². The number of anilines is 1. The molecule has 1 aromatic heterocycles. The van der Waals surface area contributed by atoms with E-state index in [2.05, 4.69) is 10.2 Å². The lowest BCUT2D eigenvalue weighted by atomic mass is 10.2. The summed E-state index contributed by atoms with van der Waals surface area (Å²) in [5.74, 6) is -0.0923. The summed E-state index contributed by atoms with van der Waals surface area (Å²) in [5, 5.41) is 26.1. The van der Waals surface area contributed by atoms with Crippen LogP contribution in [0.5, 0.6) is 0 Å². The second-order valence-corrected chi connectivity index (χ2v) is 4.22. The van der Waals surface area contributed by atoms with Gasteiger partial charge in [0.05, 0.1) is 6.61 Å². The van der Waals surface area contributed by atoms with Gasteiger partial charge in [-0.25, -0.2) is 0 Å². The molecule has 7 heteroatoms. The van der Waals surface area contributed by atoms with Crippen LogP contribution in [0.15, 0.2) is 6.20 Å². The number of hydrogen-bond donors (Lipinski definition) is 2. The molecule has 0 aliphatic heterocycles. The molecule has 2 N–H and O–H groups in total. The van der Waals surface area contributed by atoms with E-state index in [9.17, 15) is 10.1 Å². The fourth-order valence-electron chi connectivity index (χ4n) is 2.44. The number of nitrogens with one attached hydrogen (secondary N) is 1. The summed E-state index contributed by atoms with van der Waals surface area (Å²) in [6, 6.07) is 0.276. The van der Waals surface area contributed by atoms with Gasteiger partial charge < -0.3 is 20.1 Å². The van der Waals surface area contributed by atoms with E-state index in [0.717, 1.165) is 25.7 Å². The van der Waals surface area contributed by atoms with Crippen LogP contribution in [0, 0.1) is 10.1 Å². The molecule has 0 atom stereocenters. The number of rotatable bonds is 5. The van der Waals surface area contributed by atoms with E-state index in [4.69, 9.17) is 5.11 Å². The Morgan fingerprint density at radius 1 is 1.59 bits per heavy atom. The fraction of sp³-hybridized carbons (Fsp3) is 0.700. The predicted octanol–water partition coefficient (Wildman–Crippen LogP) is 1.06. The van der Waals surface area contributed by atoms with Gasteiger partial charge >= 0.3 is 5.82 Å². The van der Waals surface area contributed by atoms with Crippen molar-refractivity contribution in [3.63, 3.8) is 0 Å². The monoisotopic (exact) mass is 240 g/mol. The largest absolute Gasteiger partial charge is 0.395 e. The number of aliphatic hydroxyl groups is 1. The molecule has 1 fully saturated rings. The van der Waals surface area contributed by atoms with Crippen molar-refractivity contribution >= 4 is 11.5 Å². The normalized spacial score (nSPS) is 16.3. The third-order valence-electron chi connectivity index (χ3n) is 3.20. The summed E-state index contributed by atoms with van der Waals surface area (Å²) in [5.41, 5.74) is 0.482. The van der Waals surface area contributed by atoms with Gasteiger partial charge in [-0.15, -0.1) is 5.10 Å². The molecule has 0 saturated heterocycles. The lowest BCUT2D eigenvalue weighted by molar-refractivity contribution is -0.388. The highest BCUT2D eigenvalue weighted by molar-refractivity contribution is 5.58. The van der Waals surface area contributed by atoms with Crippen LogP contribution in [0.3, 0.4) is 0 Å². The Bertz CT molecular complexity index is 387. The quantitative estimate of drug-likeness (QED) is 0.592. The van der Waals surface area contributed by atoms with Gasteiger partial charge in [0, 0.05) is 12.6 Å². The van der Waals surface area contributed by atoms with Crippen molar-refractivity contribution in [2.45, 2.75) is 31.7 Å². The molecule has 0 unspecified atom stereocenters. The molecule has 7 nitrogen and oxygen atoms in total. The van der Waals surface area contributed by atoms with Crippen LogP contribution in [0.4, 0.5) is 11.5 Å². The standard InChI is InChI=1S/C10H16N4O3/c15-6-5-13(8-3-1-2-4-8)9-7-11-12-10(9)14(16)17/h7-8,15H,1-6H2,(H,11,12). The zero-order chi connectivity index (χ0) is 12.3. The number of aliphatic hydroxyl groups excluding tert-OH is 1. The maximum atomic E-state index is 10.9. The van der Waals surface area contributed by atoms with Crippen molar-refractivity contribution < 1.29 is 10.0 Å². The van der Waals surface area contributed by atoms with Crippen molar-refractivity contribution in [1.82, 2.24) is 10.2 Å². The molecule has 1 aliphatic rings. The Kier molecular flexibility index (Phi) is 3.58. The number of aromatic nitrogens is 2. The minimum Gasteiger partial charge on any atom is -0.395 e. The minimum absolute atomic E-state index is 0.0150. The number of nitrogens with zero attached hydrogens (tertiary/aromatic N) is 3. The first-order valence-electron chi connectivity index (χ1n) is 5.79. The van der Waals surface area contributed by atoms with E-state index in [-0.39, 0.29) is 18.5 Å². The average Bonchev–Trinajstić information content (AvgIpc) is 2.96. The highest BCUT2D eigenvalue weighted by Gasteiger charge is 2.28. The number of aromatic amines is 1. The molecule has 0 amide bonds. The van der Waals surface area contributed by atoms with Gasteiger partial charge in [-0.05, 0) is 17.8 Å². The zero-order valence-corrected chi connectivity index (χ0v) is 9.50. The van der Waals surface area contributed by atoms with Crippen molar-refractivity contribution in [2.75, 3.05) is 18.1 Å². The molecular weight excluding hydrogens is 224 g/mol. The molecule has 0 bridgehead atoms. The Labute approximate surface area is 98.6 Å². The molecule has 1 heterocycles. The zero-order valence-electron chi connectivity index (χ0n) is 9.50. The van der Waals surface area contributed by atoms with E-state index >= 15 is 0 Å². The van der Waals surface area contributed by atoms with Crippen molar-refractivity contribution in [2.24, 2.45) is 0 Å². The second-order valence-electron chi connectivity index (χ2n) is 4.22. The number of hydrogen-bond acceptors (Lipinski definition) is 5. The van der Waals surface area contributed by atoms with Crippen LogP contribution in [0.25, 0.3) is 0 Å². The molecule has 17 heavy (non-hydrogen) atoms. The van der Waals surface area contributed by atoms with Gasteiger partial charge in [0.1, 0.15) is 6.20 Å². The summed E-state index contributed by atoms with van der Waals surface area (Å²) >= 11 is 0. The van der Waals surface area contributed by atoms with E-state index in [1.165, 1.54) is 6.20 Å². The molecule has 0 radical (unpaired) electrons. The predicted molar refractivity (Wildman–Crippen MR) is 61.9 cm³/mol. The molecule has 1 saturated carbocycles. The van der Waals surface area contributed by atoms with E-state index in [1.807, 2.05) is 4.90 Å². The summed E-state index contributed by atoms with van der Waals surface area (Å²) in [4.78, 5) is 12.3. The average molecular weight is 240 g/mol. The van der Waals surface area contributed by atoms with E-state index in [0.29, 0.717) is 12.2 Å². The maximum Gasteiger partial charge on any atom is 0.366 e. The smallest absolute Gasteiger partial charge is 0.366 e. The first kappa shape index (κ1) is 11.8. The molecule has 1 aliphatic carbocycles. The van der Waals surface area contributed by atoms with Crippen molar-refractivity contribution in [3.05, 3.63) is 16.3 Å². The lowest BCUT2D eigenvalue weighted by Crippen LogP contribution is -2.35. The summed E-state index contributed by atoms with van der Waals surface area (Å²) in [6.45, 7) is 0.393. The summed E-state index contributed by atoms with van der Waals surface area (Å²) in [7, 11) is 0. The molecule has 1 aromatic rings. The van der Waals surface area contributed by atoms with Gasteiger partial charge in [0.15, 0.2) is 5.69 Å². The van der Waals surface area contributed by atoms with Gasteiger partial charge in [0.2, 0.25) is 0 Å². The molecule has 2 rings (SSSR count). The third kappa shape index (κ3) is 2.38. The highest BCUT2D eigenvalue weighted by Crippen LogP contribution is 2.32. The van der Waals surface area contributed by atoms with Crippen molar-refractivity contribution in [3.8, 4) is 0 Å². The van der Waals surface area contributed by atoms with Gasteiger partial charge in [-0.3, -0.25) is 0 Å². The Balaban J connectivity index is 2.24. The van der Waals surface area contributed by atoms with E-state index < -0.39 is 4.92 Å². The third-order valence-corrected chi connectivity index (χ3v) is 3.20. The molecule has 94 valence electrons.